The Bertz CT molecular complexity index is 990. The van der Waals surface area contributed by atoms with Crippen LogP contribution in [-0.4, -0.2) is 21.2 Å². The third-order valence-electron chi connectivity index (χ3n) is 4.73. The lowest BCUT2D eigenvalue weighted by Gasteiger charge is -2.15. The van der Waals surface area contributed by atoms with Crippen LogP contribution in [0.15, 0.2) is 30.5 Å². The van der Waals surface area contributed by atoms with Gasteiger partial charge in [-0.2, -0.15) is 13.2 Å². The first-order chi connectivity index (χ1) is 13.3. The van der Waals surface area contributed by atoms with Crippen molar-refractivity contribution in [1.82, 2.24) is 14.6 Å². The Kier molecular flexibility index (Phi) is 4.68. The zero-order chi connectivity index (χ0) is 19.9. The van der Waals surface area contributed by atoms with E-state index in [4.69, 9.17) is 4.74 Å². The van der Waals surface area contributed by atoms with E-state index >= 15 is 0 Å². The van der Waals surface area contributed by atoms with E-state index in [1.54, 1.807) is 0 Å². The molecular weight excluding hydrogens is 381 g/mol. The molecule has 0 bridgehead atoms. The number of benzene rings is 1. The standard InChI is InChI=1S/C19H16F5N3O/c20-13-2-1-3-14(21)12(13)7-9-28-15-6-8-27-16(10-11-4-5-11)25-26-18(27)17(15)19(22,23)24/h1-3,6,8,11H,4-5,7,9-10H2. The molecule has 0 saturated heterocycles. The fraction of sp³-hybridized carbons (Fsp3) is 0.368. The van der Waals surface area contributed by atoms with Crippen molar-refractivity contribution in [3.63, 3.8) is 0 Å². The molecule has 9 heteroatoms. The quantitative estimate of drug-likeness (QED) is 0.571. The van der Waals surface area contributed by atoms with Gasteiger partial charge >= 0.3 is 6.18 Å². The Labute approximate surface area is 157 Å². The van der Waals surface area contributed by atoms with Gasteiger partial charge in [0.2, 0.25) is 0 Å². The van der Waals surface area contributed by atoms with Gasteiger partial charge in [-0.1, -0.05) is 6.07 Å². The van der Waals surface area contributed by atoms with E-state index in [0.717, 1.165) is 25.0 Å². The molecular formula is C19H16F5N3O. The van der Waals surface area contributed by atoms with Crippen molar-refractivity contribution >= 4 is 5.65 Å². The maximum Gasteiger partial charge on any atom is 0.423 e. The van der Waals surface area contributed by atoms with Gasteiger partial charge in [-0.25, -0.2) is 8.78 Å². The van der Waals surface area contributed by atoms with Gasteiger partial charge in [-0.05, 0) is 37.0 Å². The first kappa shape index (κ1) is 18.6. The highest BCUT2D eigenvalue weighted by atomic mass is 19.4. The first-order valence-electron chi connectivity index (χ1n) is 8.84. The van der Waals surface area contributed by atoms with Crippen LogP contribution in [0.3, 0.4) is 0 Å². The van der Waals surface area contributed by atoms with Crippen LogP contribution in [0.4, 0.5) is 22.0 Å². The lowest BCUT2D eigenvalue weighted by atomic mass is 10.1. The van der Waals surface area contributed by atoms with E-state index in [0.29, 0.717) is 18.2 Å². The molecule has 0 amide bonds. The number of nitrogens with zero attached hydrogens (tertiary/aromatic N) is 3. The number of hydrogen-bond acceptors (Lipinski definition) is 3. The van der Waals surface area contributed by atoms with Crippen molar-refractivity contribution in [3.05, 3.63) is 59.0 Å². The number of fused-ring (bicyclic) bond motifs is 1. The second-order valence-electron chi connectivity index (χ2n) is 6.81. The fourth-order valence-corrected chi connectivity index (χ4v) is 3.13. The summed E-state index contributed by atoms with van der Waals surface area (Å²) in [7, 11) is 0. The van der Waals surface area contributed by atoms with Crippen LogP contribution in [0.25, 0.3) is 5.65 Å². The van der Waals surface area contributed by atoms with Gasteiger partial charge < -0.3 is 4.74 Å². The van der Waals surface area contributed by atoms with Crippen molar-refractivity contribution in [3.8, 4) is 5.75 Å². The van der Waals surface area contributed by atoms with Crippen LogP contribution < -0.4 is 4.74 Å². The zero-order valence-corrected chi connectivity index (χ0v) is 14.6. The summed E-state index contributed by atoms with van der Waals surface area (Å²) in [6, 6.07) is 4.58. The van der Waals surface area contributed by atoms with Crippen molar-refractivity contribution < 1.29 is 26.7 Å². The molecule has 0 unspecified atom stereocenters. The second-order valence-corrected chi connectivity index (χ2v) is 6.81. The Morgan fingerprint density at radius 2 is 1.79 bits per heavy atom. The molecule has 4 rings (SSSR count). The van der Waals surface area contributed by atoms with Crippen LogP contribution >= 0.6 is 0 Å². The summed E-state index contributed by atoms with van der Waals surface area (Å²) in [5, 5.41) is 7.61. The van der Waals surface area contributed by atoms with Crippen LogP contribution in [0.5, 0.6) is 5.75 Å². The van der Waals surface area contributed by atoms with Gasteiger partial charge in [-0.3, -0.25) is 4.40 Å². The minimum Gasteiger partial charge on any atom is -0.492 e. The molecule has 0 spiro atoms. The van der Waals surface area contributed by atoms with Gasteiger partial charge in [0.25, 0.3) is 0 Å². The third-order valence-corrected chi connectivity index (χ3v) is 4.73. The maximum atomic E-state index is 13.7. The molecule has 0 aliphatic heterocycles. The zero-order valence-electron chi connectivity index (χ0n) is 14.6. The van der Waals surface area contributed by atoms with Crippen LogP contribution in [0.1, 0.15) is 29.8 Å². The van der Waals surface area contributed by atoms with E-state index in [-0.39, 0.29) is 24.2 Å². The van der Waals surface area contributed by atoms with Crippen LogP contribution in [0.2, 0.25) is 0 Å². The summed E-state index contributed by atoms with van der Waals surface area (Å²) in [6.07, 6.45) is -0.845. The molecule has 1 aromatic carbocycles. The number of halogens is 5. The molecule has 3 aromatic rings. The molecule has 0 N–H and O–H groups in total. The minimum absolute atomic E-state index is 0.208. The average Bonchev–Trinajstić information content (AvgIpc) is 3.35. The number of alkyl halides is 3. The number of rotatable bonds is 6. The topological polar surface area (TPSA) is 39.4 Å². The Hall–Kier alpha value is -2.71. The van der Waals surface area contributed by atoms with Gasteiger partial charge in [-0.15, -0.1) is 10.2 Å². The van der Waals surface area contributed by atoms with Crippen LogP contribution in [-0.2, 0) is 19.0 Å². The van der Waals surface area contributed by atoms with E-state index in [9.17, 15) is 22.0 Å². The third kappa shape index (κ3) is 3.65. The predicted octanol–water partition coefficient (Wildman–Crippen LogP) is 4.60. The smallest absolute Gasteiger partial charge is 0.423 e. The molecule has 1 fully saturated rings. The van der Waals surface area contributed by atoms with Crippen molar-refractivity contribution in [1.29, 1.82) is 0 Å². The molecule has 28 heavy (non-hydrogen) atoms. The number of pyridine rings is 1. The van der Waals surface area contributed by atoms with E-state index in [2.05, 4.69) is 10.2 Å². The SMILES string of the molecule is Fc1cccc(F)c1CCOc1ccn2c(CC3CC3)nnc2c1C(F)(F)F. The van der Waals surface area contributed by atoms with Crippen molar-refractivity contribution in [2.24, 2.45) is 5.92 Å². The predicted molar refractivity (Wildman–Crippen MR) is 90.0 cm³/mol. The van der Waals surface area contributed by atoms with Gasteiger partial charge in [0.1, 0.15) is 28.8 Å². The number of hydrogen-bond donors (Lipinski definition) is 0. The summed E-state index contributed by atoms with van der Waals surface area (Å²) in [4.78, 5) is 0. The Balaban J connectivity index is 1.61. The highest BCUT2D eigenvalue weighted by Crippen LogP contribution is 2.39. The van der Waals surface area contributed by atoms with E-state index < -0.39 is 29.1 Å². The van der Waals surface area contributed by atoms with Crippen molar-refractivity contribution in [2.75, 3.05) is 6.61 Å². The molecule has 2 heterocycles. The lowest BCUT2D eigenvalue weighted by Crippen LogP contribution is -2.13. The molecule has 0 radical (unpaired) electrons. The van der Waals surface area contributed by atoms with Gasteiger partial charge in [0.15, 0.2) is 5.65 Å². The molecule has 0 atom stereocenters. The lowest BCUT2D eigenvalue weighted by molar-refractivity contribution is -0.138. The monoisotopic (exact) mass is 397 g/mol. The normalized spacial score (nSPS) is 14.6. The van der Waals surface area contributed by atoms with E-state index in [1.165, 1.54) is 22.7 Å². The number of ether oxygens (including phenoxy) is 1. The highest BCUT2D eigenvalue weighted by molar-refractivity contribution is 5.56. The fourth-order valence-electron chi connectivity index (χ4n) is 3.13. The second kappa shape index (κ2) is 7.03. The molecule has 148 valence electrons. The molecule has 1 aliphatic rings. The Morgan fingerprint density at radius 3 is 2.43 bits per heavy atom. The first-order valence-corrected chi connectivity index (χ1v) is 8.84. The minimum atomic E-state index is -4.72. The summed E-state index contributed by atoms with van der Waals surface area (Å²) >= 11 is 0. The van der Waals surface area contributed by atoms with Crippen molar-refractivity contribution in [2.45, 2.75) is 31.9 Å². The van der Waals surface area contributed by atoms with Gasteiger partial charge in [0, 0.05) is 24.6 Å². The summed E-state index contributed by atoms with van der Waals surface area (Å²) in [5.74, 6) is -1.06. The average molecular weight is 397 g/mol. The summed E-state index contributed by atoms with van der Waals surface area (Å²) in [6.45, 7) is -0.319. The summed E-state index contributed by atoms with van der Waals surface area (Å²) < 4.78 is 74.9. The largest absolute Gasteiger partial charge is 0.492 e. The molecule has 4 nitrogen and oxygen atoms in total. The van der Waals surface area contributed by atoms with E-state index in [1.807, 2.05) is 0 Å². The number of aromatic nitrogens is 3. The highest BCUT2D eigenvalue weighted by Gasteiger charge is 2.39. The molecule has 1 aliphatic carbocycles. The Morgan fingerprint density at radius 1 is 1.07 bits per heavy atom. The molecule has 2 aromatic heterocycles. The van der Waals surface area contributed by atoms with Gasteiger partial charge in [0.05, 0.1) is 6.61 Å². The van der Waals surface area contributed by atoms with Crippen LogP contribution in [0, 0.1) is 17.6 Å². The molecule has 1 saturated carbocycles. The maximum absolute atomic E-state index is 13.7. The summed E-state index contributed by atoms with van der Waals surface area (Å²) in [5.41, 5.74) is -1.61.